The summed E-state index contributed by atoms with van der Waals surface area (Å²) in [5, 5.41) is 11.2. The van der Waals surface area contributed by atoms with E-state index in [0.29, 0.717) is 11.1 Å². The summed E-state index contributed by atoms with van der Waals surface area (Å²) in [5.74, 6) is -0.961. The van der Waals surface area contributed by atoms with E-state index >= 15 is 0 Å². The van der Waals surface area contributed by atoms with Crippen LogP contribution in [0.25, 0.3) is 0 Å². The van der Waals surface area contributed by atoms with Crippen LogP contribution in [0.3, 0.4) is 0 Å². The van der Waals surface area contributed by atoms with Crippen LogP contribution in [0.15, 0.2) is 91.0 Å². The lowest BCUT2D eigenvalue weighted by atomic mass is 10.2. The van der Waals surface area contributed by atoms with Crippen LogP contribution < -0.4 is 5.32 Å². The third-order valence-electron chi connectivity index (χ3n) is 3.09. The van der Waals surface area contributed by atoms with E-state index in [0.717, 1.165) is 5.69 Å². The Labute approximate surface area is 140 Å². The van der Waals surface area contributed by atoms with Crippen LogP contribution in [-0.4, -0.2) is 17.0 Å². The first-order valence-electron chi connectivity index (χ1n) is 7.36. The lowest BCUT2D eigenvalue weighted by molar-refractivity contribution is 0.0696. The Balaban J connectivity index is 0.000000198. The maximum absolute atomic E-state index is 11.7. The Morgan fingerprint density at radius 1 is 0.625 bits per heavy atom. The average molecular weight is 319 g/mol. The second-order valence-corrected chi connectivity index (χ2v) is 4.86. The molecule has 3 rings (SSSR count). The first-order chi connectivity index (χ1) is 11.7. The highest BCUT2D eigenvalue weighted by molar-refractivity contribution is 6.04. The highest BCUT2D eigenvalue weighted by Gasteiger charge is 2.03. The molecule has 1 amide bonds. The Bertz CT molecular complexity index is 772. The van der Waals surface area contributed by atoms with Gasteiger partial charge in [0.1, 0.15) is 0 Å². The topological polar surface area (TPSA) is 66.4 Å². The van der Waals surface area contributed by atoms with E-state index in [2.05, 4.69) is 5.32 Å². The fraction of sp³-hybridized carbons (Fsp3) is 0. The zero-order chi connectivity index (χ0) is 17.2. The second-order valence-electron chi connectivity index (χ2n) is 4.86. The third-order valence-corrected chi connectivity index (χ3v) is 3.09. The summed E-state index contributed by atoms with van der Waals surface area (Å²) < 4.78 is 0. The van der Waals surface area contributed by atoms with Crippen molar-refractivity contribution in [3.8, 4) is 0 Å². The second kappa shape index (κ2) is 8.90. The van der Waals surface area contributed by atoms with E-state index in [-0.39, 0.29) is 5.91 Å². The van der Waals surface area contributed by atoms with E-state index in [1.807, 2.05) is 48.5 Å². The van der Waals surface area contributed by atoms with Gasteiger partial charge < -0.3 is 10.4 Å². The average Bonchev–Trinajstić information content (AvgIpc) is 2.64. The number of rotatable bonds is 3. The normalized spacial score (nSPS) is 9.33. The van der Waals surface area contributed by atoms with Gasteiger partial charge in [0.2, 0.25) is 0 Å². The molecule has 0 fully saturated rings. The SMILES string of the molecule is O=C(Nc1ccccc1)c1ccccc1.O=C(O)c1ccccc1. The number of carbonyl (C=O) groups excluding carboxylic acids is 1. The summed E-state index contributed by atoms with van der Waals surface area (Å²) in [6, 6.07) is 26.9. The molecule has 0 bridgehead atoms. The van der Waals surface area contributed by atoms with Gasteiger partial charge in [0.15, 0.2) is 0 Å². The maximum Gasteiger partial charge on any atom is 0.335 e. The van der Waals surface area contributed by atoms with Crippen LogP contribution in [0.4, 0.5) is 5.69 Å². The van der Waals surface area contributed by atoms with Gasteiger partial charge in [-0.05, 0) is 36.4 Å². The Hall–Kier alpha value is -3.40. The van der Waals surface area contributed by atoms with Gasteiger partial charge >= 0.3 is 5.97 Å². The zero-order valence-electron chi connectivity index (χ0n) is 12.9. The highest BCUT2D eigenvalue weighted by Crippen LogP contribution is 2.08. The van der Waals surface area contributed by atoms with Crippen molar-refractivity contribution in [3.63, 3.8) is 0 Å². The van der Waals surface area contributed by atoms with Crippen LogP contribution in [0.5, 0.6) is 0 Å². The van der Waals surface area contributed by atoms with Crippen molar-refractivity contribution in [1.82, 2.24) is 0 Å². The Morgan fingerprint density at radius 2 is 1.04 bits per heavy atom. The van der Waals surface area contributed by atoms with Crippen LogP contribution in [-0.2, 0) is 0 Å². The summed E-state index contributed by atoms with van der Waals surface area (Å²) >= 11 is 0. The minimum Gasteiger partial charge on any atom is -0.478 e. The van der Waals surface area contributed by atoms with Crippen LogP contribution in [0.1, 0.15) is 20.7 Å². The molecule has 3 aromatic carbocycles. The van der Waals surface area contributed by atoms with Gasteiger partial charge in [-0.25, -0.2) is 4.79 Å². The molecule has 4 heteroatoms. The molecule has 0 saturated carbocycles. The van der Waals surface area contributed by atoms with Crippen molar-refractivity contribution in [2.75, 3.05) is 5.32 Å². The quantitative estimate of drug-likeness (QED) is 0.755. The van der Waals surface area contributed by atoms with Crippen LogP contribution in [0.2, 0.25) is 0 Å². The number of benzene rings is 3. The highest BCUT2D eigenvalue weighted by atomic mass is 16.4. The van der Waals surface area contributed by atoms with E-state index in [4.69, 9.17) is 5.11 Å². The summed E-state index contributed by atoms with van der Waals surface area (Å²) in [4.78, 5) is 21.9. The van der Waals surface area contributed by atoms with Crippen molar-refractivity contribution in [3.05, 3.63) is 102 Å². The van der Waals surface area contributed by atoms with Gasteiger partial charge in [0.05, 0.1) is 5.56 Å². The standard InChI is InChI=1S/C13H11NO.C7H6O2/c15-13(11-7-3-1-4-8-11)14-12-9-5-2-6-10-12;8-7(9)6-4-2-1-3-5-6/h1-10H,(H,14,15);1-5H,(H,8,9). The number of nitrogens with one attached hydrogen (secondary N) is 1. The molecular weight excluding hydrogens is 302 g/mol. The minimum absolute atomic E-state index is 0.0817. The van der Waals surface area contributed by atoms with Crippen molar-refractivity contribution in [1.29, 1.82) is 0 Å². The van der Waals surface area contributed by atoms with Crippen molar-refractivity contribution < 1.29 is 14.7 Å². The zero-order valence-corrected chi connectivity index (χ0v) is 12.9. The number of carboxylic acid groups (broad SMARTS) is 1. The molecule has 4 nitrogen and oxygen atoms in total. The predicted octanol–water partition coefficient (Wildman–Crippen LogP) is 4.32. The van der Waals surface area contributed by atoms with Gasteiger partial charge in [-0.15, -0.1) is 0 Å². The van der Waals surface area contributed by atoms with Gasteiger partial charge in [-0.2, -0.15) is 0 Å². The molecule has 24 heavy (non-hydrogen) atoms. The molecule has 0 heterocycles. The Kier molecular flexibility index (Phi) is 6.29. The van der Waals surface area contributed by atoms with Gasteiger partial charge in [0.25, 0.3) is 5.91 Å². The van der Waals surface area contributed by atoms with Crippen LogP contribution >= 0.6 is 0 Å². The predicted molar refractivity (Wildman–Crippen MR) is 94.2 cm³/mol. The summed E-state index contributed by atoms with van der Waals surface area (Å²) in [6.07, 6.45) is 0. The number of aromatic carboxylic acids is 1. The number of carbonyl (C=O) groups is 2. The van der Waals surface area contributed by atoms with E-state index in [1.165, 1.54) is 0 Å². The van der Waals surface area contributed by atoms with Gasteiger partial charge in [0, 0.05) is 11.3 Å². The summed E-state index contributed by atoms with van der Waals surface area (Å²) in [6.45, 7) is 0. The molecular formula is C20H17NO3. The molecule has 0 unspecified atom stereocenters. The number of amides is 1. The maximum atomic E-state index is 11.7. The lowest BCUT2D eigenvalue weighted by Gasteiger charge is -2.03. The molecule has 2 N–H and O–H groups in total. The molecule has 0 radical (unpaired) electrons. The molecule has 0 aromatic heterocycles. The Morgan fingerprint density at radius 3 is 1.46 bits per heavy atom. The molecule has 120 valence electrons. The smallest absolute Gasteiger partial charge is 0.335 e. The van der Waals surface area contributed by atoms with Gasteiger partial charge in [-0.3, -0.25) is 4.79 Å². The fourth-order valence-electron chi connectivity index (χ4n) is 1.90. The first-order valence-corrected chi connectivity index (χ1v) is 7.36. The lowest BCUT2D eigenvalue weighted by Crippen LogP contribution is -2.11. The molecule has 0 atom stereocenters. The molecule has 0 aliphatic carbocycles. The number of hydrogen-bond donors (Lipinski definition) is 2. The molecule has 3 aromatic rings. The van der Waals surface area contributed by atoms with Crippen molar-refractivity contribution >= 4 is 17.6 Å². The molecule has 0 aliphatic heterocycles. The molecule has 0 saturated heterocycles. The van der Waals surface area contributed by atoms with E-state index < -0.39 is 5.97 Å². The molecule has 0 aliphatic rings. The largest absolute Gasteiger partial charge is 0.478 e. The monoisotopic (exact) mass is 319 g/mol. The molecule has 0 spiro atoms. The van der Waals surface area contributed by atoms with E-state index in [1.54, 1.807) is 42.5 Å². The number of hydrogen-bond acceptors (Lipinski definition) is 2. The van der Waals surface area contributed by atoms with E-state index in [9.17, 15) is 9.59 Å². The number of para-hydroxylation sites is 1. The number of anilines is 1. The summed E-state index contributed by atoms with van der Waals surface area (Å²) in [7, 11) is 0. The van der Waals surface area contributed by atoms with Gasteiger partial charge in [-0.1, -0.05) is 54.6 Å². The first kappa shape index (κ1) is 17.0. The number of carboxylic acids is 1. The van der Waals surface area contributed by atoms with Crippen LogP contribution in [0, 0.1) is 0 Å². The minimum atomic E-state index is -0.879. The fourth-order valence-corrected chi connectivity index (χ4v) is 1.90. The van der Waals surface area contributed by atoms with Crippen molar-refractivity contribution in [2.45, 2.75) is 0 Å². The van der Waals surface area contributed by atoms with Crippen molar-refractivity contribution in [2.24, 2.45) is 0 Å². The third kappa shape index (κ3) is 5.42. The summed E-state index contributed by atoms with van der Waals surface area (Å²) in [5.41, 5.74) is 1.81.